The summed E-state index contributed by atoms with van der Waals surface area (Å²) in [5.41, 5.74) is 0. The van der Waals surface area contributed by atoms with E-state index in [1.165, 1.54) is 167 Å². The molecule has 5 atom stereocenters. The molecule has 0 saturated heterocycles. The first-order chi connectivity index (χ1) is 42.9. The second-order valence-corrected chi connectivity index (χ2v) is 29.1. The van der Waals surface area contributed by atoms with Crippen molar-refractivity contribution in [3.8, 4) is 0 Å². The SMILES string of the molecule is CCCCCCCCCCCCCCCCCCCCC(=O)O[C@H](COC(=O)CCCCCCCCCCCC(C)C)COP(=O)(O)OC[C@@H](O)COP(=O)(O)OC[C@@H](COC(=O)CCCCCCCCCC)OC(=O)CCCCCCCCCCC(C)C. The van der Waals surface area contributed by atoms with Gasteiger partial charge in [0.2, 0.25) is 0 Å². The molecule has 0 aliphatic heterocycles. The second kappa shape index (κ2) is 62.2. The molecule has 0 aliphatic carbocycles. The van der Waals surface area contributed by atoms with Gasteiger partial charge < -0.3 is 33.8 Å². The third kappa shape index (κ3) is 64.6. The number of carbonyl (C=O) groups excluding carboxylic acids is 4. The minimum absolute atomic E-state index is 0.104. The Morgan fingerprint density at radius 3 is 0.764 bits per heavy atom. The molecule has 0 aromatic rings. The molecule has 2 unspecified atom stereocenters. The van der Waals surface area contributed by atoms with Crippen molar-refractivity contribution in [2.24, 2.45) is 11.8 Å². The quantitative estimate of drug-likeness (QED) is 0.0222. The Bertz CT molecular complexity index is 1730. The zero-order chi connectivity index (χ0) is 65.7. The van der Waals surface area contributed by atoms with E-state index in [-0.39, 0.29) is 25.7 Å². The van der Waals surface area contributed by atoms with Gasteiger partial charge in [-0.05, 0) is 37.5 Å². The van der Waals surface area contributed by atoms with Gasteiger partial charge in [-0.1, -0.05) is 305 Å². The molecule has 0 saturated carbocycles. The summed E-state index contributed by atoms with van der Waals surface area (Å²) in [6, 6.07) is 0. The van der Waals surface area contributed by atoms with E-state index in [0.717, 1.165) is 108 Å². The van der Waals surface area contributed by atoms with Gasteiger partial charge in [0.25, 0.3) is 0 Å². The van der Waals surface area contributed by atoms with Crippen LogP contribution in [0.2, 0.25) is 0 Å². The number of aliphatic hydroxyl groups excluding tert-OH is 1. The fraction of sp³-hybridized carbons (Fsp3) is 0.943. The predicted octanol–water partition coefficient (Wildman–Crippen LogP) is 20.0. The van der Waals surface area contributed by atoms with Crippen molar-refractivity contribution in [1.29, 1.82) is 0 Å². The topological polar surface area (TPSA) is 237 Å². The largest absolute Gasteiger partial charge is 0.472 e. The van der Waals surface area contributed by atoms with Crippen LogP contribution in [0, 0.1) is 11.8 Å². The Morgan fingerprint density at radius 1 is 0.303 bits per heavy atom. The van der Waals surface area contributed by atoms with Crippen LogP contribution >= 0.6 is 15.6 Å². The number of hydrogen-bond acceptors (Lipinski definition) is 15. The van der Waals surface area contributed by atoms with E-state index in [4.69, 9.17) is 37.0 Å². The van der Waals surface area contributed by atoms with E-state index in [9.17, 15) is 43.2 Å². The normalized spacial score (nSPS) is 14.1. The van der Waals surface area contributed by atoms with E-state index >= 15 is 0 Å². The lowest BCUT2D eigenvalue weighted by Gasteiger charge is -2.21. The maximum atomic E-state index is 13.0. The number of phosphoric ester groups is 2. The number of carbonyl (C=O) groups is 4. The molecule has 89 heavy (non-hydrogen) atoms. The lowest BCUT2D eigenvalue weighted by atomic mass is 10.0. The highest BCUT2D eigenvalue weighted by Crippen LogP contribution is 2.45. The number of aliphatic hydroxyl groups is 1. The average molecular weight is 1310 g/mol. The molecule has 0 aromatic carbocycles. The second-order valence-electron chi connectivity index (χ2n) is 26.2. The van der Waals surface area contributed by atoms with Gasteiger partial charge in [0.1, 0.15) is 19.3 Å². The molecule has 528 valence electrons. The van der Waals surface area contributed by atoms with E-state index in [2.05, 4.69) is 41.5 Å². The first-order valence-corrected chi connectivity index (χ1v) is 39.5. The van der Waals surface area contributed by atoms with E-state index < -0.39 is 97.5 Å². The Kier molecular flexibility index (Phi) is 60.8. The van der Waals surface area contributed by atoms with Crippen LogP contribution in [0.3, 0.4) is 0 Å². The summed E-state index contributed by atoms with van der Waals surface area (Å²) in [5.74, 6) is -0.666. The van der Waals surface area contributed by atoms with Gasteiger partial charge in [-0.15, -0.1) is 0 Å². The number of rotatable bonds is 69. The summed E-state index contributed by atoms with van der Waals surface area (Å²) in [4.78, 5) is 72.4. The number of hydrogen-bond donors (Lipinski definition) is 3. The Hall–Kier alpha value is -1.94. The van der Waals surface area contributed by atoms with Gasteiger partial charge >= 0.3 is 39.5 Å². The zero-order valence-corrected chi connectivity index (χ0v) is 59.5. The molecule has 0 heterocycles. The molecule has 0 aliphatic rings. The van der Waals surface area contributed by atoms with E-state index in [1.54, 1.807) is 0 Å². The standard InChI is InChI=1S/C70H136O17P2/c1-7-9-11-13-15-17-18-19-20-21-22-23-24-25-28-36-42-48-54-69(74)86-66(59-81-68(73)53-47-41-35-29-26-27-32-38-44-50-62(3)4)61-85-89(78,79)83-57-64(71)56-82-88(76,77)84-60-65(58-80-67(72)52-46-40-34-16-14-12-10-8-2)87-70(75)55-49-43-37-31-30-33-39-45-51-63(5)6/h62-66,71H,7-61H2,1-6H3,(H,76,77)(H,78,79)/t64-,65+,66+/m0/s1. The van der Waals surface area contributed by atoms with Crippen molar-refractivity contribution in [3.63, 3.8) is 0 Å². The van der Waals surface area contributed by atoms with Crippen LogP contribution in [0.5, 0.6) is 0 Å². The summed E-state index contributed by atoms with van der Waals surface area (Å²) >= 11 is 0. The van der Waals surface area contributed by atoms with Gasteiger partial charge in [0.05, 0.1) is 26.4 Å². The number of phosphoric acid groups is 2. The minimum atomic E-state index is -4.95. The molecule has 3 N–H and O–H groups in total. The van der Waals surface area contributed by atoms with Gasteiger partial charge in [-0.25, -0.2) is 9.13 Å². The summed E-state index contributed by atoms with van der Waals surface area (Å²) in [6.07, 6.45) is 47.4. The van der Waals surface area contributed by atoms with Crippen LogP contribution in [-0.2, 0) is 65.4 Å². The van der Waals surface area contributed by atoms with Crippen LogP contribution in [0.4, 0.5) is 0 Å². The van der Waals surface area contributed by atoms with Crippen LogP contribution in [0.25, 0.3) is 0 Å². The summed E-state index contributed by atoms with van der Waals surface area (Å²) in [7, 11) is -9.90. The van der Waals surface area contributed by atoms with Crippen molar-refractivity contribution in [2.75, 3.05) is 39.6 Å². The van der Waals surface area contributed by atoms with Crippen LogP contribution in [0.15, 0.2) is 0 Å². The molecule has 0 rings (SSSR count). The van der Waals surface area contributed by atoms with Gasteiger partial charge in [0.15, 0.2) is 12.2 Å². The third-order valence-electron chi connectivity index (χ3n) is 16.2. The molecule has 17 nitrogen and oxygen atoms in total. The molecule has 0 fully saturated rings. The highest BCUT2D eigenvalue weighted by Gasteiger charge is 2.30. The van der Waals surface area contributed by atoms with Crippen molar-refractivity contribution < 1.29 is 80.2 Å². The maximum Gasteiger partial charge on any atom is 0.472 e. The molecular weight excluding hydrogens is 1170 g/mol. The van der Waals surface area contributed by atoms with E-state index in [0.29, 0.717) is 25.7 Å². The smallest absolute Gasteiger partial charge is 0.462 e. The summed E-state index contributed by atoms with van der Waals surface area (Å²) in [5, 5.41) is 10.6. The lowest BCUT2D eigenvalue weighted by Crippen LogP contribution is -2.30. The Balaban J connectivity index is 5.20. The predicted molar refractivity (Wildman–Crippen MR) is 358 cm³/mol. The molecule has 0 aromatic heterocycles. The highest BCUT2D eigenvalue weighted by atomic mass is 31.2. The molecular formula is C70H136O17P2. The number of esters is 4. The summed E-state index contributed by atoms with van der Waals surface area (Å²) in [6.45, 7) is 9.46. The van der Waals surface area contributed by atoms with Crippen molar-refractivity contribution in [3.05, 3.63) is 0 Å². The first kappa shape index (κ1) is 87.1. The van der Waals surface area contributed by atoms with E-state index in [1.807, 2.05) is 0 Å². The number of unbranched alkanes of at least 4 members (excludes halogenated alkanes) is 39. The average Bonchev–Trinajstić information content (AvgIpc) is 3.71. The first-order valence-electron chi connectivity index (χ1n) is 36.5. The molecule has 0 amide bonds. The zero-order valence-electron chi connectivity index (χ0n) is 57.7. The van der Waals surface area contributed by atoms with Gasteiger partial charge in [-0.2, -0.15) is 0 Å². The fourth-order valence-corrected chi connectivity index (χ4v) is 12.2. The van der Waals surface area contributed by atoms with Crippen molar-refractivity contribution in [1.82, 2.24) is 0 Å². The molecule has 0 radical (unpaired) electrons. The van der Waals surface area contributed by atoms with Gasteiger partial charge in [0, 0.05) is 25.7 Å². The molecule has 0 spiro atoms. The number of ether oxygens (including phenoxy) is 4. The lowest BCUT2D eigenvalue weighted by molar-refractivity contribution is -0.161. The minimum Gasteiger partial charge on any atom is -0.462 e. The Morgan fingerprint density at radius 2 is 0.517 bits per heavy atom. The van der Waals surface area contributed by atoms with Crippen molar-refractivity contribution >= 4 is 39.5 Å². The highest BCUT2D eigenvalue weighted by molar-refractivity contribution is 7.47. The summed E-state index contributed by atoms with van der Waals surface area (Å²) < 4.78 is 68.2. The monoisotopic (exact) mass is 1310 g/mol. The van der Waals surface area contributed by atoms with Crippen LogP contribution in [0.1, 0.15) is 356 Å². The Labute approximate surface area is 543 Å². The van der Waals surface area contributed by atoms with Crippen molar-refractivity contribution in [2.45, 2.75) is 374 Å². The third-order valence-corrected chi connectivity index (χ3v) is 18.1. The molecule has 0 bridgehead atoms. The van der Waals surface area contributed by atoms with Gasteiger partial charge in [-0.3, -0.25) is 37.3 Å². The van der Waals surface area contributed by atoms with Crippen LogP contribution in [-0.4, -0.2) is 96.7 Å². The molecule has 19 heteroatoms. The maximum absolute atomic E-state index is 13.0. The van der Waals surface area contributed by atoms with Crippen LogP contribution < -0.4 is 0 Å². The fourth-order valence-electron chi connectivity index (χ4n) is 10.6.